The fraction of sp³-hybridized carbons (Fsp3) is 1.00. The smallest absolute Gasteiger partial charge is 0.335 e. The standard InChI is InChI=1S/C9H21NO2Si.C4H13NSi/c1-4-9-13(3)11-7-5-10(2)6-8-12-13;1-5-6(2,3)4/h4-9H2,1-3H3;5H,1-4H3. The summed E-state index contributed by atoms with van der Waals surface area (Å²) in [4.78, 5) is 5.49. The molecule has 1 rings (SSSR count). The maximum Gasteiger partial charge on any atom is 0.335 e. The molecule has 0 saturated carbocycles. The number of rotatable bonds is 3. The maximum atomic E-state index is 5.86. The minimum atomic E-state index is -1.78. The zero-order valence-corrected chi connectivity index (χ0v) is 16.0. The summed E-state index contributed by atoms with van der Waals surface area (Å²) in [5.74, 6) is 0. The van der Waals surface area contributed by atoms with Gasteiger partial charge in [-0.05, 0) is 26.7 Å². The van der Waals surface area contributed by atoms with Gasteiger partial charge in [-0.2, -0.15) is 0 Å². The SMILES string of the molecule is CCC[Si]1(C)OCCN(C)CCO1.CN[Si](C)(C)C. The molecular weight excluding hydrogens is 272 g/mol. The van der Waals surface area contributed by atoms with Crippen LogP contribution >= 0.6 is 0 Å². The molecular formula is C13H34N2O2Si2. The highest BCUT2D eigenvalue weighted by molar-refractivity contribution is 6.73. The molecule has 116 valence electrons. The molecule has 1 saturated heterocycles. The highest BCUT2D eigenvalue weighted by atomic mass is 28.4. The second-order valence-corrected chi connectivity index (χ2v) is 14.7. The van der Waals surface area contributed by atoms with Crippen LogP contribution in [0.3, 0.4) is 0 Å². The monoisotopic (exact) mass is 306 g/mol. The molecule has 0 unspecified atom stereocenters. The van der Waals surface area contributed by atoms with Gasteiger partial charge in [0.05, 0.1) is 0 Å². The van der Waals surface area contributed by atoms with E-state index in [4.69, 9.17) is 8.85 Å². The van der Waals surface area contributed by atoms with Crippen molar-refractivity contribution >= 4 is 16.8 Å². The van der Waals surface area contributed by atoms with Crippen molar-refractivity contribution in [2.75, 3.05) is 40.4 Å². The predicted octanol–water partition coefficient (Wildman–Crippen LogP) is 2.49. The molecule has 0 radical (unpaired) electrons. The Balaban J connectivity index is 0.000000459. The highest BCUT2D eigenvalue weighted by Gasteiger charge is 2.31. The summed E-state index contributed by atoms with van der Waals surface area (Å²) in [6.45, 7) is 14.9. The maximum absolute atomic E-state index is 5.86. The average molecular weight is 307 g/mol. The van der Waals surface area contributed by atoms with Gasteiger partial charge in [-0.1, -0.05) is 33.0 Å². The second kappa shape index (κ2) is 9.25. The van der Waals surface area contributed by atoms with Crippen LogP contribution in [0.5, 0.6) is 0 Å². The minimum absolute atomic E-state index is 0.833. The molecule has 4 nitrogen and oxygen atoms in total. The van der Waals surface area contributed by atoms with Crippen LogP contribution in [0.4, 0.5) is 0 Å². The van der Waals surface area contributed by atoms with Crippen molar-refractivity contribution in [3.05, 3.63) is 0 Å². The largest absolute Gasteiger partial charge is 0.393 e. The summed E-state index contributed by atoms with van der Waals surface area (Å²) >= 11 is 0. The van der Waals surface area contributed by atoms with Crippen molar-refractivity contribution in [3.63, 3.8) is 0 Å². The summed E-state index contributed by atoms with van der Waals surface area (Å²) in [7, 11) is 1.47. The Morgan fingerprint density at radius 2 is 1.58 bits per heavy atom. The molecule has 0 aromatic rings. The Labute approximate surface area is 122 Å². The lowest BCUT2D eigenvalue weighted by Gasteiger charge is -2.31. The van der Waals surface area contributed by atoms with E-state index < -0.39 is 16.8 Å². The average Bonchev–Trinajstić information content (AvgIpc) is 2.27. The zero-order chi connectivity index (χ0) is 14.9. The summed E-state index contributed by atoms with van der Waals surface area (Å²) < 4.78 is 11.7. The molecule has 0 aliphatic carbocycles. The Bertz CT molecular complexity index is 225. The summed E-state index contributed by atoms with van der Waals surface area (Å²) in [5.41, 5.74) is 0. The molecule has 1 heterocycles. The summed E-state index contributed by atoms with van der Waals surface area (Å²) in [6.07, 6.45) is 1.17. The number of likely N-dealkylation sites (N-methyl/N-ethyl adjacent to an activating group) is 1. The third-order valence-electron chi connectivity index (χ3n) is 3.21. The first-order valence-corrected chi connectivity index (χ1v) is 13.4. The van der Waals surface area contributed by atoms with Gasteiger partial charge in [0.1, 0.15) is 8.24 Å². The quantitative estimate of drug-likeness (QED) is 0.812. The molecule has 1 aliphatic rings. The molecule has 19 heavy (non-hydrogen) atoms. The van der Waals surface area contributed by atoms with E-state index in [1.807, 2.05) is 7.05 Å². The first kappa shape index (κ1) is 19.3. The molecule has 0 bridgehead atoms. The first-order valence-electron chi connectivity index (χ1n) is 7.38. The van der Waals surface area contributed by atoms with Crippen LogP contribution in [0.1, 0.15) is 13.3 Å². The van der Waals surface area contributed by atoms with Gasteiger partial charge < -0.3 is 18.7 Å². The lowest BCUT2D eigenvalue weighted by Crippen LogP contribution is -2.45. The number of nitrogens with zero attached hydrogens (tertiary/aromatic N) is 1. The van der Waals surface area contributed by atoms with Crippen molar-refractivity contribution in [2.45, 2.75) is 45.6 Å². The van der Waals surface area contributed by atoms with E-state index >= 15 is 0 Å². The van der Waals surface area contributed by atoms with Crippen molar-refractivity contribution in [1.29, 1.82) is 0 Å². The Morgan fingerprint density at radius 1 is 1.16 bits per heavy atom. The van der Waals surface area contributed by atoms with E-state index in [1.54, 1.807) is 0 Å². The predicted molar refractivity (Wildman–Crippen MR) is 88.5 cm³/mol. The van der Waals surface area contributed by atoms with Crippen molar-refractivity contribution in [1.82, 2.24) is 9.88 Å². The van der Waals surface area contributed by atoms with Crippen molar-refractivity contribution in [2.24, 2.45) is 0 Å². The second-order valence-electron chi connectivity index (χ2n) is 6.38. The molecule has 1 fully saturated rings. The summed E-state index contributed by atoms with van der Waals surface area (Å²) in [6, 6.07) is 1.12. The molecule has 0 aromatic heterocycles. The molecule has 0 atom stereocenters. The van der Waals surface area contributed by atoms with E-state index in [9.17, 15) is 0 Å². The summed E-state index contributed by atoms with van der Waals surface area (Å²) in [5, 5.41) is 0. The van der Waals surface area contributed by atoms with Crippen molar-refractivity contribution in [3.8, 4) is 0 Å². The molecule has 1 aliphatic heterocycles. The van der Waals surface area contributed by atoms with Gasteiger partial charge >= 0.3 is 8.56 Å². The lowest BCUT2D eigenvalue weighted by atomic mass is 10.5. The number of hydrogen-bond donors (Lipinski definition) is 1. The topological polar surface area (TPSA) is 33.7 Å². The first-order chi connectivity index (χ1) is 8.72. The van der Waals surface area contributed by atoms with E-state index in [0.717, 1.165) is 32.3 Å². The third-order valence-corrected chi connectivity index (χ3v) is 7.75. The van der Waals surface area contributed by atoms with Crippen LogP contribution in [-0.2, 0) is 8.85 Å². The van der Waals surface area contributed by atoms with Gasteiger partial charge in [-0.3, -0.25) is 0 Å². The number of hydrogen-bond acceptors (Lipinski definition) is 4. The van der Waals surface area contributed by atoms with E-state index in [2.05, 4.69) is 50.0 Å². The van der Waals surface area contributed by atoms with Crippen LogP contribution < -0.4 is 4.98 Å². The van der Waals surface area contributed by atoms with Gasteiger partial charge in [0, 0.05) is 26.3 Å². The van der Waals surface area contributed by atoms with Gasteiger partial charge in [0.15, 0.2) is 0 Å². The van der Waals surface area contributed by atoms with Gasteiger partial charge in [-0.25, -0.2) is 0 Å². The van der Waals surface area contributed by atoms with E-state index in [1.165, 1.54) is 6.42 Å². The van der Waals surface area contributed by atoms with Gasteiger partial charge in [0.2, 0.25) is 0 Å². The fourth-order valence-corrected chi connectivity index (χ4v) is 3.91. The minimum Gasteiger partial charge on any atom is -0.393 e. The van der Waals surface area contributed by atoms with Gasteiger partial charge in [0.25, 0.3) is 0 Å². The highest BCUT2D eigenvalue weighted by Crippen LogP contribution is 2.16. The van der Waals surface area contributed by atoms with E-state index in [0.29, 0.717) is 0 Å². The molecule has 0 amide bonds. The Morgan fingerprint density at radius 3 is 1.89 bits per heavy atom. The fourth-order valence-electron chi connectivity index (χ4n) is 1.59. The van der Waals surface area contributed by atoms with Crippen LogP contribution in [0, 0.1) is 0 Å². The van der Waals surface area contributed by atoms with Crippen LogP contribution in [0.2, 0.25) is 32.2 Å². The Hall–Kier alpha value is 0.274. The molecule has 1 N–H and O–H groups in total. The third kappa shape index (κ3) is 10.7. The van der Waals surface area contributed by atoms with Crippen molar-refractivity contribution < 1.29 is 8.85 Å². The van der Waals surface area contributed by atoms with Crippen LogP contribution in [-0.4, -0.2) is 62.1 Å². The van der Waals surface area contributed by atoms with E-state index in [-0.39, 0.29) is 0 Å². The van der Waals surface area contributed by atoms with Crippen LogP contribution in [0.25, 0.3) is 0 Å². The number of nitrogens with one attached hydrogen (secondary N) is 1. The molecule has 6 heteroatoms. The normalized spacial score (nSPS) is 21.0. The Kier molecular flexibility index (Phi) is 9.39. The molecule has 0 spiro atoms. The van der Waals surface area contributed by atoms with Crippen LogP contribution in [0.15, 0.2) is 0 Å². The molecule has 0 aromatic carbocycles. The zero-order valence-electron chi connectivity index (χ0n) is 14.0. The lowest BCUT2D eigenvalue weighted by molar-refractivity contribution is 0.109. The van der Waals surface area contributed by atoms with Gasteiger partial charge in [-0.15, -0.1) is 0 Å².